The van der Waals surface area contributed by atoms with Crippen molar-refractivity contribution in [3.63, 3.8) is 0 Å². The van der Waals surface area contributed by atoms with Crippen molar-refractivity contribution >= 4 is 11.6 Å². The summed E-state index contributed by atoms with van der Waals surface area (Å²) in [5, 5.41) is 6.80. The number of nitrogens with zero attached hydrogens (tertiary/aromatic N) is 3. The van der Waals surface area contributed by atoms with Gasteiger partial charge in [0.25, 0.3) is 0 Å². The minimum absolute atomic E-state index is 0.783. The van der Waals surface area contributed by atoms with Gasteiger partial charge in [0.1, 0.15) is 0 Å². The van der Waals surface area contributed by atoms with Crippen molar-refractivity contribution in [1.29, 1.82) is 0 Å². The predicted octanol–water partition coefficient (Wildman–Crippen LogP) is 1.90. The second kappa shape index (κ2) is 9.40. The highest BCUT2D eigenvalue weighted by molar-refractivity contribution is 5.79. The second-order valence-corrected chi connectivity index (χ2v) is 6.32. The smallest absolute Gasteiger partial charge is 0.191 e. The maximum Gasteiger partial charge on any atom is 0.191 e. The van der Waals surface area contributed by atoms with Crippen LogP contribution in [0.15, 0.2) is 29.3 Å². The lowest BCUT2D eigenvalue weighted by molar-refractivity contribution is 0.232. The maximum atomic E-state index is 4.31. The number of piperidine rings is 1. The summed E-state index contributed by atoms with van der Waals surface area (Å²) in [6, 6.07) is 8.56. The molecule has 5 heteroatoms. The molecular formula is C18H31N5. The molecule has 1 saturated heterocycles. The molecule has 0 radical (unpaired) electrons. The van der Waals surface area contributed by atoms with E-state index in [9.17, 15) is 0 Å². The molecule has 0 aromatic heterocycles. The summed E-state index contributed by atoms with van der Waals surface area (Å²) in [5.74, 6) is 0.872. The van der Waals surface area contributed by atoms with E-state index < -0.39 is 0 Å². The van der Waals surface area contributed by atoms with Crippen molar-refractivity contribution in [1.82, 2.24) is 15.5 Å². The van der Waals surface area contributed by atoms with Crippen LogP contribution in [0.1, 0.15) is 24.8 Å². The van der Waals surface area contributed by atoms with E-state index in [-0.39, 0.29) is 0 Å². The van der Waals surface area contributed by atoms with Gasteiger partial charge < -0.3 is 20.4 Å². The number of rotatable bonds is 6. The van der Waals surface area contributed by atoms with Gasteiger partial charge in [0.05, 0.1) is 0 Å². The zero-order valence-electron chi connectivity index (χ0n) is 14.8. The number of likely N-dealkylation sites (tertiary alicyclic amines) is 1. The second-order valence-electron chi connectivity index (χ2n) is 6.32. The largest absolute Gasteiger partial charge is 0.378 e. The highest BCUT2D eigenvalue weighted by Crippen LogP contribution is 2.13. The van der Waals surface area contributed by atoms with E-state index in [0.29, 0.717) is 0 Å². The average Bonchev–Trinajstić information content (AvgIpc) is 2.59. The van der Waals surface area contributed by atoms with Crippen LogP contribution < -0.4 is 15.5 Å². The van der Waals surface area contributed by atoms with Crippen molar-refractivity contribution in [2.45, 2.75) is 25.8 Å². The fourth-order valence-corrected chi connectivity index (χ4v) is 2.87. The maximum absolute atomic E-state index is 4.31. The van der Waals surface area contributed by atoms with Crippen molar-refractivity contribution in [3.8, 4) is 0 Å². The SMILES string of the molecule is CN=C(NCCN1CCCCC1)NCc1cccc(N(C)C)c1. The van der Waals surface area contributed by atoms with Gasteiger partial charge >= 0.3 is 0 Å². The molecule has 1 aromatic rings. The highest BCUT2D eigenvalue weighted by atomic mass is 15.2. The zero-order valence-corrected chi connectivity index (χ0v) is 14.8. The molecule has 0 amide bonds. The number of aliphatic imine (C=N–C) groups is 1. The van der Waals surface area contributed by atoms with Crippen LogP contribution in [0.4, 0.5) is 5.69 Å². The van der Waals surface area contributed by atoms with Crippen LogP contribution in [0.5, 0.6) is 0 Å². The third-order valence-electron chi connectivity index (χ3n) is 4.28. The Kier molecular flexibility index (Phi) is 7.20. The molecule has 0 unspecified atom stereocenters. The van der Waals surface area contributed by atoms with E-state index in [2.05, 4.69) is 63.8 Å². The minimum atomic E-state index is 0.783. The highest BCUT2D eigenvalue weighted by Gasteiger charge is 2.09. The van der Waals surface area contributed by atoms with Gasteiger partial charge in [-0.25, -0.2) is 0 Å². The van der Waals surface area contributed by atoms with Gasteiger partial charge in [-0.15, -0.1) is 0 Å². The van der Waals surface area contributed by atoms with Crippen molar-refractivity contribution in [2.24, 2.45) is 4.99 Å². The molecule has 1 heterocycles. The molecule has 2 rings (SSSR count). The van der Waals surface area contributed by atoms with Crippen LogP contribution >= 0.6 is 0 Å². The first-order valence-electron chi connectivity index (χ1n) is 8.62. The molecule has 23 heavy (non-hydrogen) atoms. The van der Waals surface area contributed by atoms with Crippen molar-refractivity contribution < 1.29 is 0 Å². The molecule has 0 aliphatic carbocycles. The first-order chi connectivity index (χ1) is 11.2. The lowest BCUT2D eigenvalue weighted by Gasteiger charge is -2.26. The molecule has 1 aromatic carbocycles. The van der Waals surface area contributed by atoms with Gasteiger partial charge in [-0.1, -0.05) is 18.6 Å². The Balaban J connectivity index is 1.73. The summed E-state index contributed by atoms with van der Waals surface area (Å²) >= 11 is 0. The number of benzene rings is 1. The van der Waals surface area contributed by atoms with Crippen LogP contribution in [0, 0.1) is 0 Å². The molecule has 0 bridgehead atoms. The van der Waals surface area contributed by atoms with Crippen LogP contribution in [0.3, 0.4) is 0 Å². The van der Waals surface area contributed by atoms with E-state index in [1.54, 1.807) is 0 Å². The molecule has 2 N–H and O–H groups in total. The fourth-order valence-electron chi connectivity index (χ4n) is 2.87. The first-order valence-corrected chi connectivity index (χ1v) is 8.62. The Hall–Kier alpha value is -1.75. The van der Waals surface area contributed by atoms with Gasteiger partial charge in [0, 0.05) is 46.5 Å². The molecule has 1 fully saturated rings. The lowest BCUT2D eigenvalue weighted by Crippen LogP contribution is -2.42. The third-order valence-corrected chi connectivity index (χ3v) is 4.28. The van der Waals surface area contributed by atoms with E-state index in [4.69, 9.17) is 0 Å². The van der Waals surface area contributed by atoms with Crippen molar-refractivity contribution in [2.75, 3.05) is 52.2 Å². The van der Waals surface area contributed by atoms with Crippen molar-refractivity contribution in [3.05, 3.63) is 29.8 Å². The average molecular weight is 317 g/mol. The lowest BCUT2D eigenvalue weighted by atomic mass is 10.1. The van der Waals surface area contributed by atoms with Gasteiger partial charge in [0.15, 0.2) is 5.96 Å². The molecule has 0 saturated carbocycles. The third kappa shape index (κ3) is 6.10. The van der Waals surface area contributed by atoms with Gasteiger partial charge in [-0.2, -0.15) is 0 Å². The number of nitrogens with one attached hydrogen (secondary N) is 2. The van der Waals surface area contributed by atoms with E-state index in [0.717, 1.165) is 25.6 Å². The Labute approximate surface area is 140 Å². The number of anilines is 1. The van der Waals surface area contributed by atoms with E-state index in [1.807, 2.05) is 7.05 Å². The zero-order chi connectivity index (χ0) is 16.5. The standard InChI is InChI=1S/C18H31N5/c1-19-18(20-10-13-23-11-5-4-6-12-23)21-15-16-8-7-9-17(14-16)22(2)3/h7-9,14H,4-6,10-13,15H2,1-3H3,(H2,19,20,21). The number of hydrogen-bond donors (Lipinski definition) is 2. The molecular weight excluding hydrogens is 286 g/mol. The molecule has 1 aliphatic heterocycles. The Morgan fingerprint density at radius 1 is 1.17 bits per heavy atom. The molecule has 128 valence electrons. The van der Waals surface area contributed by atoms with E-state index in [1.165, 1.54) is 43.6 Å². The quantitative estimate of drug-likeness (QED) is 0.621. The summed E-state index contributed by atoms with van der Waals surface area (Å²) in [7, 11) is 5.95. The molecule has 1 aliphatic rings. The molecule has 5 nitrogen and oxygen atoms in total. The van der Waals surface area contributed by atoms with E-state index >= 15 is 0 Å². The van der Waals surface area contributed by atoms with Gasteiger partial charge in [-0.3, -0.25) is 4.99 Å². The summed E-state index contributed by atoms with van der Waals surface area (Å²) < 4.78 is 0. The summed E-state index contributed by atoms with van der Waals surface area (Å²) in [5.41, 5.74) is 2.48. The Morgan fingerprint density at radius 2 is 1.96 bits per heavy atom. The van der Waals surface area contributed by atoms with Crippen LogP contribution in [0.2, 0.25) is 0 Å². The number of hydrogen-bond acceptors (Lipinski definition) is 3. The van der Waals surface area contributed by atoms with Gasteiger partial charge in [-0.05, 0) is 43.6 Å². The number of guanidine groups is 1. The topological polar surface area (TPSA) is 42.9 Å². The van der Waals surface area contributed by atoms with Crippen LogP contribution in [0.25, 0.3) is 0 Å². The Bertz CT molecular complexity index is 492. The Morgan fingerprint density at radius 3 is 2.65 bits per heavy atom. The van der Waals surface area contributed by atoms with Gasteiger partial charge in [0.2, 0.25) is 0 Å². The summed E-state index contributed by atoms with van der Waals surface area (Å²) in [4.78, 5) is 8.96. The fraction of sp³-hybridized carbons (Fsp3) is 0.611. The first kappa shape index (κ1) is 17.6. The molecule has 0 atom stereocenters. The van der Waals surface area contributed by atoms with Crippen LogP contribution in [-0.4, -0.2) is 58.2 Å². The van der Waals surface area contributed by atoms with Crippen LogP contribution in [-0.2, 0) is 6.54 Å². The minimum Gasteiger partial charge on any atom is -0.378 e. The normalized spacial score (nSPS) is 16.2. The predicted molar refractivity (Wildman–Crippen MR) is 99.3 cm³/mol. The monoisotopic (exact) mass is 317 g/mol. The summed E-state index contributed by atoms with van der Waals surface area (Å²) in [6.07, 6.45) is 4.07. The molecule has 0 spiro atoms. The summed E-state index contributed by atoms with van der Waals surface area (Å²) in [6.45, 7) is 5.30.